The minimum absolute atomic E-state index is 0.291. The maximum absolute atomic E-state index is 5.10. The lowest BCUT2D eigenvalue weighted by atomic mass is 10.2. The highest BCUT2D eigenvalue weighted by molar-refractivity contribution is 4.58. The van der Waals surface area contributed by atoms with Crippen LogP contribution in [-0.2, 0) is 9.47 Å². The van der Waals surface area contributed by atoms with E-state index in [-0.39, 0.29) is 0 Å². The van der Waals surface area contributed by atoms with Crippen LogP contribution in [0.15, 0.2) is 0 Å². The number of hydrogen-bond donors (Lipinski definition) is 1. The molecule has 0 radical (unpaired) electrons. The van der Waals surface area contributed by atoms with Gasteiger partial charge in [0.1, 0.15) is 0 Å². The van der Waals surface area contributed by atoms with Gasteiger partial charge >= 0.3 is 0 Å². The highest BCUT2D eigenvalue weighted by Crippen LogP contribution is 1.92. The van der Waals surface area contributed by atoms with Crippen LogP contribution in [0.25, 0.3) is 0 Å². The summed E-state index contributed by atoms with van der Waals surface area (Å²) in [6.07, 6.45) is 0.291. The summed E-state index contributed by atoms with van der Waals surface area (Å²) in [5.74, 6) is 0.569. The zero-order valence-corrected chi connectivity index (χ0v) is 8.59. The number of ether oxygens (including phenoxy) is 2. The van der Waals surface area contributed by atoms with E-state index in [4.69, 9.17) is 9.47 Å². The lowest BCUT2D eigenvalue weighted by Crippen LogP contribution is -2.30. The molecule has 2 unspecified atom stereocenters. The first-order chi connectivity index (χ1) is 5.70. The highest BCUT2D eigenvalue weighted by Gasteiger charge is 2.02. The molecule has 0 heterocycles. The first-order valence-corrected chi connectivity index (χ1v) is 4.43. The zero-order chi connectivity index (χ0) is 9.40. The number of methoxy groups -OCH3 is 2. The fourth-order valence-corrected chi connectivity index (χ4v) is 0.960. The summed E-state index contributed by atoms with van der Waals surface area (Å²) in [6, 6.07) is 0. The minimum Gasteiger partial charge on any atom is -0.384 e. The van der Waals surface area contributed by atoms with Crippen molar-refractivity contribution in [2.24, 2.45) is 5.92 Å². The Labute approximate surface area is 75.4 Å². The molecule has 0 saturated heterocycles. The van der Waals surface area contributed by atoms with Gasteiger partial charge in [0.25, 0.3) is 0 Å². The molecule has 1 N–H and O–H groups in total. The summed E-state index contributed by atoms with van der Waals surface area (Å²) < 4.78 is 10.1. The summed E-state index contributed by atoms with van der Waals surface area (Å²) in [7, 11) is 3.46. The van der Waals surface area contributed by atoms with Crippen LogP contribution in [0, 0.1) is 5.92 Å². The van der Waals surface area contributed by atoms with E-state index in [0.717, 1.165) is 19.7 Å². The average Bonchev–Trinajstić information content (AvgIpc) is 2.04. The van der Waals surface area contributed by atoms with Crippen LogP contribution in [0.3, 0.4) is 0 Å². The van der Waals surface area contributed by atoms with Crippen molar-refractivity contribution in [3.63, 3.8) is 0 Å². The topological polar surface area (TPSA) is 30.5 Å². The maximum atomic E-state index is 5.10. The summed E-state index contributed by atoms with van der Waals surface area (Å²) >= 11 is 0. The van der Waals surface area contributed by atoms with E-state index in [0.29, 0.717) is 12.0 Å². The van der Waals surface area contributed by atoms with Gasteiger partial charge in [0.15, 0.2) is 0 Å². The Hall–Kier alpha value is -0.120. The van der Waals surface area contributed by atoms with Crippen molar-refractivity contribution in [2.75, 3.05) is 33.9 Å². The fourth-order valence-electron chi connectivity index (χ4n) is 0.960. The van der Waals surface area contributed by atoms with Crippen molar-refractivity contribution in [1.29, 1.82) is 0 Å². The van der Waals surface area contributed by atoms with E-state index in [9.17, 15) is 0 Å². The third kappa shape index (κ3) is 6.58. The van der Waals surface area contributed by atoms with Gasteiger partial charge in [-0.1, -0.05) is 6.92 Å². The van der Waals surface area contributed by atoms with Gasteiger partial charge < -0.3 is 14.8 Å². The van der Waals surface area contributed by atoms with Gasteiger partial charge in [-0.05, 0) is 19.4 Å². The molecule has 0 bridgehead atoms. The Balaban J connectivity index is 3.18. The van der Waals surface area contributed by atoms with Gasteiger partial charge in [-0.3, -0.25) is 0 Å². The smallest absolute Gasteiger partial charge is 0.0667 e. The van der Waals surface area contributed by atoms with Crippen molar-refractivity contribution in [3.8, 4) is 0 Å². The van der Waals surface area contributed by atoms with E-state index >= 15 is 0 Å². The molecule has 0 spiro atoms. The number of nitrogens with one attached hydrogen (secondary N) is 1. The first kappa shape index (κ1) is 11.9. The van der Waals surface area contributed by atoms with Gasteiger partial charge in [0.05, 0.1) is 6.10 Å². The Bertz CT molecular complexity index is 98.5. The second kappa shape index (κ2) is 7.53. The van der Waals surface area contributed by atoms with Gasteiger partial charge in [0.2, 0.25) is 0 Å². The maximum Gasteiger partial charge on any atom is 0.0667 e. The second-order valence-electron chi connectivity index (χ2n) is 3.27. The molecule has 12 heavy (non-hydrogen) atoms. The molecule has 0 aliphatic carbocycles. The molecule has 2 atom stereocenters. The van der Waals surface area contributed by atoms with Gasteiger partial charge in [-0.25, -0.2) is 0 Å². The fraction of sp³-hybridized carbons (Fsp3) is 1.00. The summed E-state index contributed by atoms with van der Waals surface area (Å²) in [5, 5.41) is 3.32. The largest absolute Gasteiger partial charge is 0.384 e. The van der Waals surface area contributed by atoms with Crippen molar-refractivity contribution >= 4 is 0 Å². The quantitative estimate of drug-likeness (QED) is 0.623. The van der Waals surface area contributed by atoms with Crippen LogP contribution in [0.5, 0.6) is 0 Å². The molecule has 0 rings (SSSR count). The van der Waals surface area contributed by atoms with Crippen LogP contribution in [0.2, 0.25) is 0 Å². The summed E-state index contributed by atoms with van der Waals surface area (Å²) in [5.41, 5.74) is 0. The van der Waals surface area contributed by atoms with E-state index in [2.05, 4.69) is 12.2 Å². The molecule has 74 valence electrons. The van der Waals surface area contributed by atoms with Gasteiger partial charge in [-0.2, -0.15) is 0 Å². The van der Waals surface area contributed by atoms with Crippen LogP contribution in [0.1, 0.15) is 13.8 Å². The molecule has 0 saturated carbocycles. The van der Waals surface area contributed by atoms with E-state index in [1.807, 2.05) is 6.92 Å². The predicted molar refractivity (Wildman–Crippen MR) is 50.4 cm³/mol. The normalized spacial score (nSPS) is 16.0. The molecule has 0 aromatic carbocycles. The van der Waals surface area contributed by atoms with Gasteiger partial charge in [0, 0.05) is 27.4 Å². The number of hydrogen-bond acceptors (Lipinski definition) is 3. The van der Waals surface area contributed by atoms with E-state index < -0.39 is 0 Å². The lowest BCUT2D eigenvalue weighted by Gasteiger charge is -2.14. The van der Waals surface area contributed by atoms with Crippen molar-refractivity contribution in [1.82, 2.24) is 5.32 Å². The average molecular weight is 175 g/mol. The van der Waals surface area contributed by atoms with Gasteiger partial charge in [-0.15, -0.1) is 0 Å². The molecule has 0 amide bonds. The second-order valence-corrected chi connectivity index (χ2v) is 3.27. The molecule has 0 fully saturated rings. The Morgan fingerprint density at radius 2 is 1.83 bits per heavy atom. The Kier molecular flexibility index (Phi) is 7.45. The highest BCUT2D eigenvalue weighted by atomic mass is 16.5. The molecule has 0 aromatic rings. The predicted octanol–water partition coefficient (Wildman–Crippen LogP) is 0.893. The molecule has 3 nitrogen and oxygen atoms in total. The third-order valence-electron chi connectivity index (χ3n) is 1.78. The van der Waals surface area contributed by atoms with Crippen LogP contribution >= 0.6 is 0 Å². The molecule has 3 heteroatoms. The molecular weight excluding hydrogens is 154 g/mol. The van der Waals surface area contributed by atoms with Crippen LogP contribution in [0.4, 0.5) is 0 Å². The Morgan fingerprint density at radius 1 is 1.17 bits per heavy atom. The third-order valence-corrected chi connectivity index (χ3v) is 1.78. The molecular formula is C9H21NO2. The first-order valence-electron chi connectivity index (χ1n) is 4.43. The summed E-state index contributed by atoms with van der Waals surface area (Å²) in [4.78, 5) is 0. The molecule has 0 aromatic heterocycles. The minimum atomic E-state index is 0.291. The Morgan fingerprint density at radius 3 is 2.33 bits per heavy atom. The summed E-state index contributed by atoms with van der Waals surface area (Å²) in [6.45, 7) is 6.92. The number of rotatable bonds is 7. The van der Waals surface area contributed by atoms with E-state index in [1.54, 1.807) is 14.2 Å². The molecule has 0 aliphatic heterocycles. The van der Waals surface area contributed by atoms with E-state index in [1.165, 1.54) is 0 Å². The standard InChI is InChI=1S/C9H21NO2/c1-8(7-11-3)5-10-6-9(2)12-4/h8-10H,5-7H2,1-4H3. The molecule has 0 aliphatic rings. The van der Waals surface area contributed by atoms with Crippen LogP contribution < -0.4 is 5.32 Å². The lowest BCUT2D eigenvalue weighted by molar-refractivity contribution is 0.112. The SMILES string of the molecule is COCC(C)CNCC(C)OC. The zero-order valence-electron chi connectivity index (χ0n) is 8.59. The van der Waals surface area contributed by atoms with Crippen molar-refractivity contribution < 1.29 is 9.47 Å². The van der Waals surface area contributed by atoms with Crippen LogP contribution in [-0.4, -0.2) is 40.0 Å². The van der Waals surface area contributed by atoms with Crippen molar-refractivity contribution in [2.45, 2.75) is 20.0 Å². The monoisotopic (exact) mass is 175 g/mol. The van der Waals surface area contributed by atoms with Crippen molar-refractivity contribution in [3.05, 3.63) is 0 Å².